The number of guanidine groups is 1. The molecule has 0 aliphatic heterocycles. The Balaban J connectivity index is 1.80. The monoisotopic (exact) mass is 481 g/mol. The summed E-state index contributed by atoms with van der Waals surface area (Å²) in [7, 11) is -4.11. The summed E-state index contributed by atoms with van der Waals surface area (Å²) < 4.78 is 28.4. The normalized spacial score (nSPS) is 11.9. The number of nitrogens with one attached hydrogen (secondary N) is 4. The van der Waals surface area contributed by atoms with E-state index in [0.29, 0.717) is 11.3 Å². The number of sulfonamides is 1. The van der Waals surface area contributed by atoms with E-state index in [9.17, 15) is 23.1 Å². The Morgan fingerprint density at radius 1 is 0.912 bits per heavy atom. The van der Waals surface area contributed by atoms with Crippen LogP contribution in [0.4, 0.5) is 11.4 Å². The van der Waals surface area contributed by atoms with Gasteiger partial charge in [-0.05, 0) is 42.0 Å². The van der Waals surface area contributed by atoms with Gasteiger partial charge in [0.05, 0.1) is 17.4 Å². The molecule has 0 spiro atoms. The van der Waals surface area contributed by atoms with Gasteiger partial charge in [-0.15, -0.1) is 0 Å². The molecule has 0 radical (unpaired) electrons. The standard InChI is InChI=1S/C23H23N5O5S/c24-23(25)27-17-9-4-8-16(12-17)22(31)26-18-10-5-11-19(13-18)34(32,33)28-20(14-21(29)30)15-6-2-1-3-7-15/h1-13,20,28H,14H2,(H,26,31)(H,29,30)(H4,24,25,27). The molecule has 1 atom stereocenters. The van der Waals surface area contributed by atoms with E-state index in [1.807, 2.05) is 0 Å². The number of rotatable bonds is 9. The number of anilines is 2. The molecule has 176 valence electrons. The molecule has 1 amide bonds. The molecule has 34 heavy (non-hydrogen) atoms. The second kappa shape index (κ2) is 10.6. The Morgan fingerprint density at radius 2 is 1.56 bits per heavy atom. The van der Waals surface area contributed by atoms with Crippen molar-refractivity contribution in [3.05, 3.63) is 90.0 Å². The van der Waals surface area contributed by atoms with Crippen molar-refractivity contribution in [2.45, 2.75) is 17.4 Å². The third-order valence-corrected chi connectivity index (χ3v) is 6.15. The van der Waals surface area contributed by atoms with Gasteiger partial charge in [0, 0.05) is 16.9 Å². The summed E-state index contributed by atoms with van der Waals surface area (Å²) in [6, 6.07) is 19.3. The van der Waals surface area contributed by atoms with E-state index in [1.54, 1.807) is 48.5 Å². The second-order valence-corrected chi connectivity index (χ2v) is 9.00. The lowest BCUT2D eigenvalue weighted by atomic mass is 10.1. The van der Waals surface area contributed by atoms with Gasteiger partial charge >= 0.3 is 5.97 Å². The van der Waals surface area contributed by atoms with Gasteiger partial charge in [-0.25, -0.2) is 13.1 Å². The van der Waals surface area contributed by atoms with Crippen LogP contribution in [0.5, 0.6) is 0 Å². The van der Waals surface area contributed by atoms with Gasteiger partial charge in [-0.3, -0.25) is 15.0 Å². The van der Waals surface area contributed by atoms with Crippen molar-refractivity contribution in [2.24, 2.45) is 5.73 Å². The van der Waals surface area contributed by atoms with Crippen molar-refractivity contribution in [1.29, 1.82) is 5.41 Å². The Hall–Kier alpha value is -4.22. The molecule has 3 aromatic rings. The fraction of sp³-hybridized carbons (Fsp3) is 0.0870. The number of hydrogen-bond acceptors (Lipinski definition) is 5. The first-order chi connectivity index (χ1) is 16.1. The van der Waals surface area contributed by atoms with Crippen molar-refractivity contribution in [2.75, 3.05) is 10.6 Å². The summed E-state index contributed by atoms with van der Waals surface area (Å²) >= 11 is 0. The third-order valence-electron chi connectivity index (χ3n) is 4.68. The lowest BCUT2D eigenvalue weighted by molar-refractivity contribution is -0.137. The number of benzene rings is 3. The molecule has 0 bridgehead atoms. The van der Waals surface area contributed by atoms with Crippen LogP contribution in [0.1, 0.15) is 28.4 Å². The van der Waals surface area contributed by atoms with Crippen molar-refractivity contribution < 1.29 is 23.1 Å². The zero-order valence-electron chi connectivity index (χ0n) is 17.9. The molecule has 0 saturated heterocycles. The van der Waals surface area contributed by atoms with Gasteiger partial charge in [0.25, 0.3) is 5.91 Å². The first-order valence-electron chi connectivity index (χ1n) is 10.1. The zero-order chi connectivity index (χ0) is 24.7. The first kappa shape index (κ1) is 24.4. The third kappa shape index (κ3) is 6.64. The van der Waals surface area contributed by atoms with Crippen LogP contribution in [-0.2, 0) is 14.8 Å². The number of nitrogens with two attached hydrogens (primary N) is 1. The summed E-state index contributed by atoms with van der Waals surface area (Å²) in [5.74, 6) is -1.93. The average Bonchev–Trinajstić information content (AvgIpc) is 2.79. The molecule has 0 aromatic heterocycles. The van der Waals surface area contributed by atoms with Crippen LogP contribution in [0.3, 0.4) is 0 Å². The van der Waals surface area contributed by atoms with Crippen molar-refractivity contribution in [3.8, 4) is 0 Å². The van der Waals surface area contributed by atoms with Crippen LogP contribution < -0.4 is 21.1 Å². The lowest BCUT2D eigenvalue weighted by Crippen LogP contribution is -2.30. The minimum atomic E-state index is -4.11. The SMILES string of the molecule is N=C(N)Nc1cccc(C(=O)Nc2cccc(S(=O)(=O)NC(CC(=O)O)c3ccccc3)c2)c1. The molecule has 11 heteroatoms. The number of carboxylic acids is 1. The summed E-state index contributed by atoms with van der Waals surface area (Å²) in [5, 5.41) is 21.7. The highest BCUT2D eigenvalue weighted by atomic mass is 32.2. The van der Waals surface area contributed by atoms with Crippen LogP contribution in [0, 0.1) is 5.41 Å². The van der Waals surface area contributed by atoms with E-state index in [1.165, 1.54) is 30.3 Å². The predicted octanol–water partition coefficient (Wildman–Crippen LogP) is 2.74. The van der Waals surface area contributed by atoms with E-state index in [0.717, 1.165) is 0 Å². The van der Waals surface area contributed by atoms with Gasteiger partial charge in [-0.2, -0.15) is 0 Å². The molecule has 0 aliphatic carbocycles. The Labute approximate surface area is 196 Å². The number of carbonyl (C=O) groups is 2. The highest BCUT2D eigenvalue weighted by molar-refractivity contribution is 7.89. The molecule has 0 saturated carbocycles. The number of carbonyl (C=O) groups excluding carboxylic acids is 1. The molecule has 10 nitrogen and oxygen atoms in total. The second-order valence-electron chi connectivity index (χ2n) is 7.28. The van der Waals surface area contributed by atoms with Crippen LogP contribution in [0.15, 0.2) is 83.8 Å². The number of hydrogen-bond donors (Lipinski definition) is 6. The van der Waals surface area contributed by atoms with Crippen LogP contribution in [0.2, 0.25) is 0 Å². The molecule has 1 unspecified atom stereocenters. The van der Waals surface area contributed by atoms with Crippen LogP contribution in [0.25, 0.3) is 0 Å². The summed E-state index contributed by atoms with van der Waals surface area (Å²) in [5.41, 5.74) is 6.76. The number of amides is 1. The van der Waals surface area contributed by atoms with Gasteiger partial charge < -0.3 is 21.5 Å². The van der Waals surface area contributed by atoms with E-state index < -0.39 is 34.4 Å². The number of carboxylic acid groups (broad SMARTS) is 1. The Kier molecular flexibility index (Phi) is 7.61. The topological polar surface area (TPSA) is 174 Å². The van der Waals surface area contributed by atoms with Crippen molar-refractivity contribution in [1.82, 2.24) is 4.72 Å². The van der Waals surface area contributed by atoms with Gasteiger partial charge in [0.2, 0.25) is 10.0 Å². The Bertz CT molecular complexity index is 1310. The fourth-order valence-electron chi connectivity index (χ4n) is 3.18. The minimum Gasteiger partial charge on any atom is -0.481 e. The predicted molar refractivity (Wildman–Crippen MR) is 128 cm³/mol. The minimum absolute atomic E-state index is 0.136. The molecule has 3 rings (SSSR count). The zero-order valence-corrected chi connectivity index (χ0v) is 18.7. The summed E-state index contributed by atoms with van der Waals surface area (Å²) in [4.78, 5) is 23.8. The lowest BCUT2D eigenvalue weighted by Gasteiger charge is -2.18. The molecule has 0 heterocycles. The molecular formula is C23H23N5O5S. The van der Waals surface area contributed by atoms with E-state index in [4.69, 9.17) is 11.1 Å². The average molecular weight is 482 g/mol. The van der Waals surface area contributed by atoms with Crippen molar-refractivity contribution in [3.63, 3.8) is 0 Å². The summed E-state index contributed by atoms with van der Waals surface area (Å²) in [6.45, 7) is 0. The molecule has 0 aliphatic rings. The summed E-state index contributed by atoms with van der Waals surface area (Å²) in [6.07, 6.45) is -0.440. The molecule has 3 aromatic carbocycles. The van der Waals surface area contributed by atoms with E-state index in [-0.39, 0.29) is 22.1 Å². The molecule has 0 fully saturated rings. The van der Waals surface area contributed by atoms with Crippen LogP contribution in [-0.4, -0.2) is 31.4 Å². The van der Waals surface area contributed by atoms with E-state index >= 15 is 0 Å². The quantitative estimate of drug-likeness (QED) is 0.201. The number of aliphatic carboxylic acids is 1. The van der Waals surface area contributed by atoms with Gasteiger partial charge in [0.1, 0.15) is 0 Å². The van der Waals surface area contributed by atoms with Gasteiger partial charge in [0.15, 0.2) is 5.96 Å². The maximum atomic E-state index is 13.0. The van der Waals surface area contributed by atoms with Gasteiger partial charge in [-0.1, -0.05) is 42.5 Å². The highest BCUT2D eigenvalue weighted by Gasteiger charge is 2.24. The maximum absolute atomic E-state index is 13.0. The fourth-order valence-corrected chi connectivity index (χ4v) is 4.45. The molecule has 7 N–H and O–H groups in total. The smallest absolute Gasteiger partial charge is 0.305 e. The van der Waals surface area contributed by atoms with Crippen molar-refractivity contribution >= 4 is 39.2 Å². The maximum Gasteiger partial charge on any atom is 0.305 e. The highest BCUT2D eigenvalue weighted by Crippen LogP contribution is 2.22. The Morgan fingerprint density at radius 3 is 2.21 bits per heavy atom. The molecular weight excluding hydrogens is 458 g/mol. The first-order valence-corrected chi connectivity index (χ1v) is 11.5. The van der Waals surface area contributed by atoms with E-state index in [2.05, 4.69) is 15.4 Å². The largest absolute Gasteiger partial charge is 0.481 e. The van der Waals surface area contributed by atoms with Crippen LogP contribution >= 0.6 is 0 Å².